The van der Waals surface area contributed by atoms with Crippen LogP contribution in [0.25, 0.3) is 0 Å². The van der Waals surface area contributed by atoms with Crippen molar-refractivity contribution in [2.75, 3.05) is 13.2 Å². The van der Waals surface area contributed by atoms with Crippen molar-refractivity contribution in [1.29, 1.82) is 0 Å². The molecule has 100 valence electrons. The van der Waals surface area contributed by atoms with Gasteiger partial charge < -0.3 is 10.4 Å². The summed E-state index contributed by atoms with van der Waals surface area (Å²) in [6, 6.07) is 4.26. The molecule has 3 nitrogen and oxygen atoms in total. The van der Waals surface area contributed by atoms with Crippen LogP contribution in [0.3, 0.4) is 0 Å². The van der Waals surface area contributed by atoms with Crippen LogP contribution >= 0.6 is 11.3 Å². The zero-order valence-corrected chi connectivity index (χ0v) is 11.7. The Morgan fingerprint density at radius 1 is 1.50 bits per heavy atom. The molecule has 0 bridgehead atoms. The number of thiophene rings is 1. The van der Waals surface area contributed by atoms with E-state index >= 15 is 0 Å². The number of carbonyl (C=O) groups excluding carboxylic acids is 1. The molecule has 2 N–H and O–H groups in total. The second-order valence-corrected chi connectivity index (χ2v) is 6.67. The molecule has 1 aliphatic rings. The summed E-state index contributed by atoms with van der Waals surface area (Å²) >= 11 is 1.81. The molecular formula is C14H21NO2S. The molecular weight excluding hydrogens is 246 g/mol. The number of aliphatic hydroxyl groups excluding tert-OH is 1. The maximum absolute atomic E-state index is 11.6. The zero-order chi connectivity index (χ0) is 13.0. The van der Waals surface area contributed by atoms with Crippen LogP contribution in [-0.4, -0.2) is 24.2 Å². The van der Waals surface area contributed by atoms with Crippen molar-refractivity contribution in [2.45, 2.75) is 39.0 Å². The minimum Gasteiger partial charge on any atom is -0.396 e. The van der Waals surface area contributed by atoms with Gasteiger partial charge in [-0.1, -0.05) is 0 Å². The summed E-state index contributed by atoms with van der Waals surface area (Å²) in [6.07, 6.45) is 4.55. The minimum atomic E-state index is 0.0144. The predicted molar refractivity (Wildman–Crippen MR) is 73.8 cm³/mol. The summed E-state index contributed by atoms with van der Waals surface area (Å²) < 4.78 is 0. The number of carbonyl (C=O) groups is 1. The third-order valence-electron chi connectivity index (χ3n) is 3.58. The van der Waals surface area contributed by atoms with E-state index in [4.69, 9.17) is 5.11 Å². The standard InChI is InChI=1S/C14H21NO2S/c1-11-5-6-12(18-11)3-2-4-13(17)15-9-14(10-16)7-8-14/h5-6,16H,2-4,7-10H2,1H3,(H,15,17). The third-order valence-corrected chi connectivity index (χ3v) is 4.64. The van der Waals surface area contributed by atoms with E-state index < -0.39 is 0 Å². The lowest BCUT2D eigenvalue weighted by atomic mass is 10.1. The van der Waals surface area contributed by atoms with Gasteiger partial charge in [0.25, 0.3) is 0 Å². The van der Waals surface area contributed by atoms with E-state index in [-0.39, 0.29) is 17.9 Å². The van der Waals surface area contributed by atoms with Crippen LogP contribution in [-0.2, 0) is 11.2 Å². The van der Waals surface area contributed by atoms with Crippen molar-refractivity contribution in [3.8, 4) is 0 Å². The zero-order valence-electron chi connectivity index (χ0n) is 10.9. The van der Waals surface area contributed by atoms with Crippen LogP contribution in [0, 0.1) is 12.3 Å². The van der Waals surface area contributed by atoms with Crippen LogP contribution in [0.15, 0.2) is 12.1 Å². The predicted octanol–water partition coefficient (Wildman–Crippen LogP) is 2.27. The number of hydrogen-bond acceptors (Lipinski definition) is 3. The Balaban J connectivity index is 1.60. The number of aryl methyl sites for hydroxylation is 2. The van der Waals surface area contributed by atoms with Gasteiger partial charge in [-0.15, -0.1) is 11.3 Å². The molecule has 1 aliphatic carbocycles. The molecule has 0 radical (unpaired) electrons. The molecule has 0 unspecified atom stereocenters. The van der Waals surface area contributed by atoms with E-state index in [1.165, 1.54) is 9.75 Å². The molecule has 1 heterocycles. The molecule has 1 aromatic rings. The molecule has 1 amide bonds. The van der Waals surface area contributed by atoms with Gasteiger partial charge in [0.1, 0.15) is 0 Å². The lowest BCUT2D eigenvalue weighted by molar-refractivity contribution is -0.121. The SMILES string of the molecule is Cc1ccc(CCCC(=O)NCC2(CO)CC2)s1. The molecule has 1 fully saturated rings. The van der Waals surface area contributed by atoms with Crippen molar-refractivity contribution < 1.29 is 9.90 Å². The molecule has 0 saturated heterocycles. The summed E-state index contributed by atoms with van der Waals surface area (Å²) in [5, 5.41) is 12.1. The second kappa shape index (κ2) is 5.85. The largest absolute Gasteiger partial charge is 0.396 e. The third kappa shape index (κ3) is 3.82. The van der Waals surface area contributed by atoms with Crippen molar-refractivity contribution >= 4 is 17.2 Å². The lowest BCUT2D eigenvalue weighted by Gasteiger charge is -2.12. The fourth-order valence-electron chi connectivity index (χ4n) is 1.98. The number of hydrogen-bond donors (Lipinski definition) is 2. The van der Waals surface area contributed by atoms with Crippen molar-refractivity contribution in [3.05, 3.63) is 21.9 Å². The number of aliphatic hydroxyl groups is 1. The topological polar surface area (TPSA) is 49.3 Å². The highest BCUT2D eigenvalue weighted by Gasteiger charge is 2.41. The Morgan fingerprint density at radius 3 is 2.83 bits per heavy atom. The Morgan fingerprint density at radius 2 is 2.28 bits per heavy atom. The van der Waals surface area contributed by atoms with Crippen LogP contribution in [0.2, 0.25) is 0 Å². The molecule has 4 heteroatoms. The fourth-order valence-corrected chi connectivity index (χ4v) is 2.92. The van der Waals surface area contributed by atoms with Crippen LogP contribution in [0.5, 0.6) is 0 Å². The first-order valence-corrected chi connectivity index (χ1v) is 7.38. The van der Waals surface area contributed by atoms with E-state index in [9.17, 15) is 4.79 Å². The van der Waals surface area contributed by atoms with Crippen LogP contribution in [0.4, 0.5) is 0 Å². The highest BCUT2D eigenvalue weighted by Crippen LogP contribution is 2.44. The Kier molecular flexibility index (Phi) is 4.40. The first-order chi connectivity index (χ1) is 8.63. The van der Waals surface area contributed by atoms with E-state index in [1.54, 1.807) is 11.3 Å². The lowest BCUT2D eigenvalue weighted by Crippen LogP contribution is -2.31. The van der Waals surface area contributed by atoms with Crippen molar-refractivity contribution in [1.82, 2.24) is 5.32 Å². The summed E-state index contributed by atoms with van der Waals surface area (Å²) in [5.41, 5.74) is 0.0144. The molecule has 1 aromatic heterocycles. The van der Waals surface area contributed by atoms with Gasteiger partial charge >= 0.3 is 0 Å². The van der Waals surface area contributed by atoms with Gasteiger partial charge in [-0.3, -0.25) is 4.79 Å². The van der Waals surface area contributed by atoms with Crippen molar-refractivity contribution in [2.24, 2.45) is 5.41 Å². The Labute approximate surface area is 112 Å². The van der Waals surface area contributed by atoms with Gasteiger partial charge in [0.2, 0.25) is 5.91 Å². The average molecular weight is 267 g/mol. The second-order valence-electron chi connectivity index (χ2n) is 5.30. The molecule has 18 heavy (non-hydrogen) atoms. The van der Waals surface area contributed by atoms with Gasteiger partial charge in [-0.05, 0) is 44.7 Å². The summed E-state index contributed by atoms with van der Waals surface area (Å²) in [6.45, 7) is 2.94. The van der Waals surface area contributed by atoms with Gasteiger partial charge in [-0.2, -0.15) is 0 Å². The molecule has 0 atom stereocenters. The molecule has 0 spiro atoms. The average Bonchev–Trinajstić information content (AvgIpc) is 3.04. The fraction of sp³-hybridized carbons (Fsp3) is 0.643. The van der Waals surface area contributed by atoms with Gasteiger partial charge in [0.15, 0.2) is 0 Å². The highest BCUT2D eigenvalue weighted by molar-refractivity contribution is 7.11. The highest BCUT2D eigenvalue weighted by atomic mass is 32.1. The van der Waals surface area contributed by atoms with Crippen LogP contribution in [0.1, 0.15) is 35.4 Å². The maximum atomic E-state index is 11.6. The van der Waals surface area contributed by atoms with Gasteiger partial charge in [0.05, 0.1) is 6.61 Å². The number of nitrogens with one attached hydrogen (secondary N) is 1. The van der Waals surface area contributed by atoms with Crippen LogP contribution < -0.4 is 5.32 Å². The Hall–Kier alpha value is -0.870. The molecule has 1 saturated carbocycles. The van der Waals surface area contributed by atoms with E-state index in [0.717, 1.165) is 25.7 Å². The minimum absolute atomic E-state index is 0.0144. The smallest absolute Gasteiger partial charge is 0.220 e. The Bertz CT molecular complexity index is 410. The van der Waals surface area contributed by atoms with Gasteiger partial charge in [-0.25, -0.2) is 0 Å². The normalized spacial score (nSPS) is 16.6. The number of rotatable bonds is 7. The quantitative estimate of drug-likeness (QED) is 0.796. The monoisotopic (exact) mass is 267 g/mol. The van der Waals surface area contributed by atoms with E-state index in [0.29, 0.717) is 13.0 Å². The maximum Gasteiger partial charge on any atom is 0.220 e. The summed E-state index contributed by atoms with van der Waals surface area (Å²) in [4.78, 5) is 14.3. The first-order valence-electron chi connectivity index (χ1n) is 6.56. The summed E-state index contributed by atoms with van der Waals surface area (Å²) in [5.74, 6) is 0.114. The number of amides is 1. The molecule has 0 aromatic carbocycles. The van der Waals surface area contributed by atoms with Crippen molar-refractivity contribution in [3.63, 3.8) is 0 Å². The van der Waals surface area contributed by atoms with Gasteiger partial charge in [0, 0.05) is 28.1 Å². The summed E-state index contributed by atoms with van der Waals surface area (Å²) in [7, 11) is 0. The van der Waals surface area contributed by atoms with E-state index in [2.05, 4.69) is 24.4 Å². The molecule has 0 aliphatic heterocycles. The van der Waals surface area contributed by atoms with E-state index in [1.807, 2.05) is 0 Å². The molecule has 2 rings (SSSR count). The first kappa shape index (κ1) is 13.6.